The average Bonchev–Trinajstić information content (AvgIpc) is 3.23. The largest absolute Gasteiger partial charge is 0.445 e. The van der Waals surface area contributed by atoms with Gasteiger partial charge in [0, 0.05) is 6.54 Å². The Morgan fingerprint density at radius 1 is 1.09 bits per heavy atom. The zero-order valence-electron chi connectivity index (χ0n) is 18.4. The van der Waals surface area contributed by atoms with Crippen LogP contribution in [0.25, 0.3) is 0 Å². The third-order valence-corrected chi connectivity index (χ3v) is 3.99. The molecule has 0 aliphatic heterocycles. The van der Waals surface area contributed by atoms with Gasteiger partial charge in [-0.25, -0.2) is 9.59 Å². The summed E-state index contributed by atoms with van der Waals surface area (Å²) in [5, 5.41) is 20.6. The fraction of sp³-hybridized carbons (Fsp3) is 0.500. The quantitative estimate of drug-likeness (QED) is 0.403. The fourth-order valence-corrected chi connectivity index (χ4v) is 2.57. The molecule has 1 atom stereocenters. The highest BCUT2D eigenvalue weighted by atomic mass is 16.6. The number of aromatic nitrogens is 4. The lowest BCUT2D eigenvalue weighted by Crippen LogP contribution is -2.46. The number of nitrogens with one attached hydrogen (secondary N) is 4. The van der Waals surface area contributed by atoms with Gasteiger partial charge in [-0.05, 0) is 50.8 Å². The molecule has 2 rings (SSSR count). The summed E-state index contributed by atoms with van der Waals surface area (Å²) in [5.41, 5.74) is 0.189. The van der Waals surface area contributed by atoms with Crippen molar-refractivity contribution in [2.75, 3.05) is 11.9 Å². The molecule has 0 bridgehead atoms. The molecule has 0 aliphatic carbocycles. The minimum absolute atomic E-state index is 0.00573. The van der Waals surface area contributed by atoms with Crippen LogP contribution in [0.5, 0.6) is 0 Å². The van der Waals surface area contributed by atoms with Crippen LogP contribution in [0.2, 0.25) is 0 Å². The van der Waals surface area contributed by atoms with Crippen molar-refractivity contribution in [1.82, 2.24) is 31.3 Å². The van der Waals surface area contributed by atoms with Gasteiger partial charge in [0.25, 0.3) is 5.95 Å². The fourth-order valence-electron chi connectivity index (χ4n) is 2.57. The summed E-state index contributed by atoms with van der Waals surface area (Å²) >= 11 is 0. The summed E-state index contributed by atoms with van der Waals surface area (Å²) in [6.07, 6.45) is 0.186. The van der Waals surface area contributed by atoms with Gasteiger partial charge in [-0.15, -0.1) is 5.10 Å². The second-order valence-electron chi connectivity index (χ2n) is 7.91. The molecule has 3 amide bonds. The van der Waals surface area contributed by atoms with E-state index < -0.39 is 29.7 Å². The minimum Gasteiger partial charge on any atom is -0.445 e. The number of tetrazole rings is 1. The van der Waals surface area contributed by atoms with Crippen LogP contribution in [0.4, 0.5) is 15.5 Å². The number of aromatic amines is 1. The summed E-state index contributed by atoms with van der Waals surface area (Å²) in [4.78, 5) is 36.4. The third-order valence-electron chi connectivity index (χ3n) is 3.99. The number of H-pyrrole nitrogens is 1. The average molecular weight is 447 g/mol. The molecule has 1 unspecified atom stereocenters. The molecule has 2 aromatic rings. The number of ether oxygens (including phenoxy) is 2. The second-order valence-corrected chi connectivity index (χ2v) is 7.91. The van der Waals surface area contributed by atoms with E-state index >= 15 is 0 Å². The van der Waals surface area contributed by atoms with Crippen LogP contribution in [-0.2, 0) is 20.9 Å². The predicted octanol–water partition coefficient (Wildman–Crippen LogP) is 2.13. The van der Waals surface area contributed by atoms with Crippen molar-refractivity contribution < 1.29 is 23.9 Å². The lowest BCUT2D eigenvalue weighted by Gasteiger charge is -2.23. The molecule has 1 heterocycles. The number of benzene rings is 1. The molecule has 0 saturated carbocycles. The maximum atomic E-state index is 12.5. The molecule has 32 heavy (non-hydrogen) atoms. The first-order valence-electron chi connectivity index (χ1n) is 10.2. The highest BCUT2D eigenvalue weighted by molar-refractivity contribution is 5.95. The molecule has 0 spiro atoms. The van der Waals surface area contributed by atoms with Crippen LogP contribution in [0.1, 0.15) is 45.6 Å². The van der Waals surface area contributed by atoms with Gasteiger partial charge in [-0.3, -0.25) is 10.1 Å². The summed E-state index contributed by atoms with van der Waals surface area (Å²) in [7, 11) is 0. The molecule has 12 heteroatoms. The Morgan fingerprint density at radius 3 is 2.50 bits per heavy atom. The maximum Gasteiger partial charge on any atom is 0.408 e. The summed E-state index contributed by atoms with van der Waals surface area (Å²) in [6, 6.07) is 8.47. The first kappa shape index (κ1) is 24.6. The van der Waals surface area contributed by atoms with E-state index in [9.17, 15) is 14.4 Å². The molecule has 0 fully saturated rings. The number of nitrogens with zero attached hydrogens (tertiary/aromatic N) is 3. The van der Waals surface area contributed by atoms with Crippen LogP contribution < -0.4 is 16.0 Å². The predicted molar refractivity (Wildman–Crippen MR) is 114 cm³/mol. The lowest BCUT2D eigenvalue weighted by molar-refractivity contribution is -0.118. The first-order valence-corrected chi connectivity index (χ1v) is 10.2. The van der Waals surface area contributed by atoms with Crippen LogP contribution in [0, 0.1) is 0 Å². The zero-order valence-corrected chi connectivity index (χ0v) is 18.4. The van der Waals surface area contributed by atoms with E-state index in [2.05, 4.69) is 36.6 Å². The Labute approximate surface area is 185 Å². The maximum absolute atomic E-state index is 12.5. The molecular formula is C20H29N7O5. The minimum atomic E-state index is -0.881. The summed E-state index contributed by atoms with van der Waals surface area (Å²) < 4.78 is 10.4. The third kappa shape index (κ3) is 9.87. The Bertz CT molecular complexity index is 853. The number of carbonyl (C=O) groups is 3. The van der Waals surface area contributed by atoms with Crippen molar-refractivity contribution in [2.45, 2.75) is 58.3 Å². The smallest absolute Gasteiger partial charge is 0.408 e. The van der Waals surface area contributed by atoms with Crippen molar-refractivity contribution in [3.8, 4) is 0 Å². The Balaban J connectivity index is 1.75. The van der Waals surface area contributed by atoms with Crippen LogP contribution in [0.3, 0.4) is 0 Å². The summed E-state index contributed by atoms with van der Waals surface area (Å²) in [5.74, 6) is -0.513. The van der Waals surface area contributed by atoms with Crippen LogP contribution in [0.15, 0.2) is 30.3 Å². The number of rotatable bonds is 10. The second kappa shape index (κ2) is 12.2. The van der Waals surface area contributed by atoms with Crippen molar-refractivity contribution in [1.29, 1.82) is 0 Å². The molecule has 1 aromatic carbocycles. The number of anilines is 1. The zero-order chi connectivity index (χ0) is 23.4. The normalized spacial score (nSPS) is 11.8. The number of hydrogen-bond donors (Lipinski definition) is 4. The van der Waals surface area contributed by atoms with Gasteiger partial charge < -0.3 is 20.1 Å². The van der Waals surface area contributed by atoms with E-state index in [1.807, 2.05) is 30.3 Å². The summed E-state index contributed by atoms with van der Waals surface area (Å²) in [6.45, 7) is 5.72. The molecule has 4 N–H and O–H groups in total. The Hall–Kier alpha value is -3.70. The van der Waals surface area contributed by atoms with Crippen LogP contribution >= 0.6 is 0 Å². The monoisotopic (exact) mass is 447 g/mol. The molecule has 0 aliphatic rings. The standard InChI is InChI=1S/C20H29N7O5/c1-20(2,3)32-19(30)22-15(16(28)23-17-24-26-27-25-17)11-7-8-12-21-18(29)31-13-14-9-5-4-6-10-14/h4-6,9-10,15H,7-8,11-13H2,1-3H3,(H,21,29)(H,22,30)(H2,23,24,25,26,27,28). The van der Waals surface area contributed by atoms with E-state index in [0.717, 1.165) is 5.56 Å². The topological polar surface area (TPSA) is 160 Å². The molecule has 0 radical (unpaired) electrons. The van der Waals surface area contributed by atoms with Gasteiger partial charge in [0.2, 0.25) is 5.91 Å². The van der Waals surface area contributed by atoms with Crippen molar-refractivity contribution in [3.05, 3.63) is 35.9 Å². The highest BCUT2D eigenvalue weighted by Gasteiger charge is 2.25. The lowest BCUT2D eigenvalue weighted by atomic mass is 10.1. The number of hydrogen-bond acceptors (Lipinski definition) is 8. The van der Waals surface area contributed by atoms with E-state index in [1.54, 1.807) is 20.8 Å². The number of carbonyl (C=O) groups excluding carboxylic acids is 3. The van der Waals surface area contributed by atoms with Crippen molar-refractivity contribution in [3.63, 3.8) is 0 Å². The van der Waals surface area contributed by atoms with Gasteiger partial charge >= 0.3 is 12.2 Å². The van der Waals surface area contributed by atoms with Gasteiger partial charge in [0.05, 0.1) is 0 Å². The van der Waals surface area contributed by atoms with Gasteiger partial charge in [-0.1, -0.05) is 35.4 Å². The van der Waals surface area contributed by atoms with Crippen molar-refractivity contribution in [2.24, 2.45) is 0 Å². The van der Waals surface area contributed by atoms with Gasteiger partial charge in [0.1, 0.15) is 18.2 Å². The van der Waals surface area contributed by atoms with E-state index in [-0.39, 0.29) is 12.6 Å². The SMILES string of the molecule is CC(C)(C)OC(=O)NC(CCCCNC(=O)OCc1ccccc1)C(=O)Nc1nn[nH]n1. The van der Waals surface area contributed by atoms with E-state index in [4.69, 9.17) is 9.47 Å². The number of unbranched alkanes of at least 4 members (excludes halogenated alkanes) is 1. The number of amides is 3. The van der Waals surface area contributed by atoms with E-state index in [0.29, 0.717) is 25.8 Å². The van der Waals surface area contributed by atoms with Crippen LogP contribution in [-0.4, -0.2) is 56.9 Å². The molecular weight excluding hydrogens is 418 g/mol. The Kier molecular flexibility index (Phi) is 9.39. The number of alkyl carbamates (subject to hydrolysis) is 2. The molecule has 174 valence electrons. The molecule has 12 nitrogen and oxygen atoms in total. The van der Waals surface area contributed by atoms with Gasteiger partial charge in [-0.2, -0.15) is 5.21 Å². The highest BCUT2D eigenvalue weighted by Crippen LogP contribution is 2.09. The van der Waals surface area contributed by atoms with Gasteiger partial charge in [0.15, 0.2) is 0 Å². The first-order chi connectivity index (χ1) is 15.2. The molecule has 1 aromatic heterocycles. The Morgan fingerprint density at radius 2 is 1.84 bits per heavy atom. The van der Waals surface area contributed by atoms with E-state index in [1.165, 1.54) is 0 Å². The molecule has 0 saturated heterocycles. The van der Waals surface area contributed by atoms with Crippen molar-refractivity contribution >= 4 is 24.0 Å².